The quantitative estimate of drug-likeness (QED) is 0.195. The Kier molecular flexibility index (Phi) is 7.46. The molecular formula is C39H30N6. The van der Waals surface area contributed by atoms with E-state index >= 15 is 0 Å². The molecule has 0 fully saturated rings. The Labute approximate surface area is 262 Å². The average Bonchev–Trinajstić information content (AvgIpc) is 3.10. The van der Waals surface area contributed by atoms with Gasteiger partial charge in [-0.05, 0) is 144 Å². The zero-order valence-corrected chi connectivity index (χ0v) is 25.3. The minimum atomic E-state index is 0.832. The summed E-state index contributed by atoms with van der Waals surface area (Å²) in [6.07, 6.45) is 11.0. The molecule has 0 aliphatic rings. The molecule has 6 aromatic heterocycles. The summed E-state index contributed by atoms with van der Waals surface area (Å²) in [7, 11) is 0. The van der Waals surface area contributed by atoms with Crippen molar-refractivity contribution >= 4 is 0 Å². The zero-order valence-electron chi connectivity index (χ0n) is 25.3. The maximum absolute atomic E-state index is 4.67. The lowest BCUT2D eigenvalue weighted by Crippen LogP contribution is -2.02. The van der Waals surface area contributed by atoms with Crippen LogP contribution in [-0.2, 0) is 0 Å². The molecule has 0 radical (unpaired) electrons. The first-order valence-electron chi connectivity index (χ1n) is 14.9. The van der Waals surface area contributed by atoms with Crippen LogP contribution in [0.4, 0.5) is 0 Å². The van der Waals surface area contributed by atoms with Crippen LogP contribution in [0.5, 0.6) is 0 Å². The van der Waals surface area contributed by atoms with Crippen LogP contribution in [0.2, 0.25) is 0 Å². The molecule has 0 N–H and O–H groups in total. The molecule has 7 aromatic rings. The van der Waals surface area contributed by atoms with Crippen molar-refractivity contribution in [2.75, 3.05) is 0 Å². The predicted molar refractivity (Wildman–Crippen MR) is 180 cm³/mol. The highest BCUT2D eigenvalue weighted by atomic mass is 14.8. The minimum absolute atomic E-state index is 0.832. The number of aromatic nitrogens is 6. The van der Waals surface area contributed by atoms with Crippen LogP contribution in [0.25, 0.3) is 67.5 Å². The Hall–Kier alpha value is -5.88. The summed E-state index contributed by atoms with van der Waals surface area (Å²) >= 11 is 0. The summed E-state index contributed by atoms with van der Waals surface area (Å²) in [4.78, 5) is 27.7. The van der Waals surface area contributed by atoms with Gasteiger partial charge in [-0.2, -0.15) is 0 Å². The van der Waals surface area contributed by atoms with Crippen LogP contribution in [0.1, 0.15) is 16.7 Å². The fourth-order valence-electron chi connectivity index (χ4n) is 6.24. The van der Waals surface area contributed by atoms with Crippen LogP contribution < -0.4 is 0 Å². The Morgan fingerprint density at radius 2 is 0.600 bits per heavy atom. The highest BCUT2D eigenvalue weighted by molar-refractivity contribution is 5.92. The lowest BCUT2D eigenvalue weighted by molar-refractivity contribution is 1.23. The molecule has 0 bridgehead atoms. The van der Waals surface area contributed by atoms with Crippen molar-refractivity contribution in [3.8, 4) is 67.5 Å². The normalized spacial score (nSPS) is 11.0. The van der Waals surface area contributed by atoms with Gasteiger partial charge < -0.3 is 0 Å². The number of hydrogen-bond acceptors (Lipinski definition) is 6. The first-order chi connectivity index (χ1) is 22.1. The van der Waals surface area contributed by atoms with Crippen molar-refractivity contribution in [1.82, 2.24) is 29.9 Å². The molecule has 7 rings (SSSR count). The van der Waals surface area contributed by atoms with Gasteiger partial charge in [0.15, 0.2) is 0 Å². The van der Waals surface area contributed by atoms with Crippen molar-refractivity contribution in [3.63, 3.8) is 0 Å². The molecule has 216 valence electrons. The van der Waals surface area contributed by atoms with Crippen molar-refractivity contribution < 1.29 is 0 Å². The minimum Gasteiger partial charge on any atom is -0.255 e. The van der Waals surface area contributed by atoms with Crippen LogP contribution in [0.3, 0.4) is 0 Å². The van der Waals surface area contributed by atoms with E-state index in [2.05, 4.69) is 87.1 Å². The molecule has 6 heterocycles. The van der Waals surface area contributed by atoms with Crippen LogP contribution in [0.15, 0.2) is 128 Å². The Balaban J connectivity index is 1.49. The maximum atomic E-state index is 4.67. The molecule has 0 spiro atoms. The first-order valence-corrected chi connectivity index (χ1v) is 14.9. The second-order valence-corrected chi connectivity index (χ2v) is 10.9. The van der Waals surface area contributed by atoms with Crippen LogP contribution >= 0.6 is 0 Å². The Morgan fingerprint density at radius 1 is 0.311 bits per heavy atom. The predicted octanol–water partition coefficient (Wildman–Crippen LogP) is 8.98. The molecule has 6 nitrogen and oxygen atoms in total. The molecule has 0 saturated heterocycles. The highest BCUT2D eigenvalue weighted by Gasteiger charge is 2.22. The van der Waals surface area contributed by atoms with Gasteiger partial charge in [-0.15, -0.1) is 0 Å². The third-order valence-electron chi connectivity index (χ3n) is 8.18. The van der Waals surface area contributed by atoms with Crippen LogP contribution in [-0.4, -0.2) is 29.9 Å². The number of benzene rings is 1. The highest BCUT2D eigenvalue weighted by Crippen LogP contribution is 2.44. The lowest BCUT2D eigenvalue weighted by Gasteiger charge is -2.24. The fourth-order valence-corrected chi connectivity index (χ4v) is 6.24. The van der Waals surface area contributed by atoms with E-state index in [4.69, 9.17) is 0 Å². The summed E-state index contributed by atoms with van der Waals surface area (Å²) in [5, 5.41) is 0. The molecule has 0 amide bonds. The fraction of sp³-hybridized carbons (Fsp3) is 0.0769. The van der Waals surface area contributed by atoms with E-state index in [9.17, 15) is 0 Å². The van der Waals surface area contributed by atoms with E-state index in [0.717, 1.165) is 67.5 Å². The summed E-state index contributed by atoms with van der Waals surface area (Å²) in [5.74, 6) is 0. The smallest absolute Gasteiger partial charge is 0.0892 e. The molecule has 45 heavy (non-hydrogen) atoms. The largest absolute Gasteiger partial charge is 0.255 e. The van der Waals surface area contributed by atoms with Crippen LogP contribution in [0, 0.1) is 20.8 Å². The van der Waals surface area contributed by atoms with Gasteiger partial charge in [0.1, 0.15) is 0 Å². The van der Waals surface area contributed by atoms with E-state index in [1.54, 1.807) is 18.6 Å². The van der Waals surface area contributed by atoms with Crippen molar-refractivity contribution in [1.29, 1.82) is 0 Å². The number of nitrogens with zero attached hydrogens (tertiary/aromatic N) is 6. The van der Waals surface area contributed by atoms with Gasteiger partial charge in [-0.3, -0.25) is 29.9 Å². The Morgan fingerprint density at radius 3 is 0.867 bits per heavy atom. The standard InChI is InChI=1S/C39H30N6/c1-25-37(28-13-19-43-34(22-28)31-10-4-7-16-40-31)26(2)39(30-15-21-45-36(24-30)33-12-6-9-18-42-33)27(3)38(25)29-14-20-44-35(23-29)32-11-5-8-17-41-32/h4-24H,1-3H3. The van der Waals surface area contributed by atoms with E-state index in [0.29, 0.717) is 0 Å². The van der Waals surface area contributed by atoms with Gasteiger partial charge >= 0.3 is 0 Å². The second kappa shape index (κ2) is 12.0. The van der Waals surface area contributed by atoms with E-state index in [1.807, 2.05) is 73.2 Å². The maximum Gasteiger partial charge on any atom is 0.0892 e. The summed E-state index contributed by atoms with van der Waals surface area (Å²) in [5.41, 5.74) is 15.3. The van der Waals surface area contributed by atoms with Gasteiger partial charge in [-0.25, -0.2) is 0 Å². The SMILES string of the molecule is Cc1c(-c2ccnc(-c3ccccn3)c2)c(C)c(-c2ccnc(-c3ccccn3)c2)c(C)c1-c1ccnc(-c2ccccn2)c1. The third kappa shape index (κ3) is 5.38. The van der Waals surface area contributed by atoms with Gasteiger partial charge in [-0.1, -0.05) is 18.2 Å². The molecule has 0 saturated carbocycles. The average molecular weight is 583 g/mol. The van der Waals surface area contributed by atoms with Crippen molar-refractivity contribution in [2.24, 2.45) is 0 Å². The number of hydrogen-bond donors (Lipinski definition) is 0. The Bertz CT molecular complexity index is 1860. The molecule has 0 unspecified atom stereocenters. The van der Waals surface area contributed by atoms with E-state index < -0.39 is 0 Å². The van der Waals surface area contributed by atoms with Gasteiger partial charge in [0, 0.05) is 37.2 Å². The zero-order chi connectivity index (χ0) is 30.8. The van der Waals surface area contributed by atoms with Gasteiger partial charge in [0.25, 0.3) is 0 Å². The number of rotatable bonds is 6. The lowest BCUT2D eigenvalue weighted by atomic mass is 9.81. The molecule has 1 aromatic carbocycles. The number of pyridine rings is 6. The monoisotopic (exact) mass is 582 g/mol. The van der Waals surface area contributed by atoms with E-state index in [1.165, 1.54) is 16.7 Å². The molecule has 0 aliphatic heterocycles. The molecule has 0 aliphatic carbocycles. The first kappa shape index (κ1) is 27.9. The van der Waals surface area contributed by atoms with E-state index in [-0.39, 0.29) is 0 Å². The second-order valence-electron chi connectivity index (χ2n) is 10.9. The molecule has 0 atom stereocenters. The topological polar surface area (TPSA) is 77.3 Å². The van der Waals surface area contributed by atoms with Crippen molar-refractivity contribution in [2.45, 2.75) is 20.8 Å². The molecule has 6 heteroatoms. The summed E-state index contributed by atoms with van der Waals surface area (Å²) in [6, 6.07) is 30.4. The summed E-state index contributed by atoms with van der Waals surface area (Å²) in [6.45, 7) is 6.63. The summed E-state index contributed by atoms with van der Waals surface area (Å²) < 4.78 is 0. The van der Waals surface area contributed by atoms with Gasteiger partial charge in [0.2, 0.25) is 0 Å². The molecular weight excluding hydrogens is 552 g/mol. The van der Waals surface area contributed by atoms with Crippen molar-refractivity contribution in [3.05, 3.63) is 145 Å². The third-order valence-corrected chi connectivity index (χ3v) is 8.18. The van der Waals surface area contributed by atoms with Gasteiger partial charge in [0.05, 0.1) is 34.2 Å².